The molecule has 0 aromatic carbocycles. The fourth-order valence-electron chi connectivity index (χ4n) is 1.79. The number of rotatable bonds is 6. The zero-order valence-electron chi connectivity index (χ0n) is 10.4. The van der Waals surface area contributed by atoms with E-state index in [9.17, 15) is 4.79 Å². The molecule has 1 amide bonds. The molecule has 2 aromatic rings. The highest BCUT2D eigenvalue weighted by molar-refractivity contribution is 5.90. The highest BCUT2D eigenvalue weighted by atomic mass is 16.2. The van der Waals surface area contributed by atoms with Gasteiger partial charge < -0.3 is 5.32 Å². The summed E-state index contributed by atoms with van der Waals surface area (Å²) in [6, 6.07) is 0. The maximum Gasteiger partial charge on any atom is 0.290 e. The molecule has 0 radical (unpaired) electrons. The SMILES string of the molecule is O=C(NCCCn1ccnn1)c1n[nH]c(C2CC2)n1. The fourth-order valence-corrected chi connectivity index (χ4v) is 1.79. The minimum Gasteiger partial charge on any atom is -0.349 e. The van der Waals surface area contributed by atoms with Gasteiger partial charge in [-0.05, 0) is 19.3 Å². The summed E-state index contributed by atoms with van der Waals surface area (Å²) in [5, 5.41) is 17.1. The van der Waals surface area contributed by atoms with Crippen LogP contribution < -0.4 is 5.32 Å². The van der Waals surface area contributed by atoms with Crippen molar-refractivity contribution in [2.75, 3.05) is 6.54 Å². The first-order valence-corrected chi connectivity index (χ1v) is 6.37. The summed E-state index contributed by atoms with van der Waals surface area (Å²) in [5.74, 6) is 1.29. The van der Waals surface area contributed by atoms with E-state index in [0.29, 0.717) is 12.5 Å². The first-order valence-electron chi connectivity index (χ1n) is 6.37. The Morgan fingerprint density at radius 2 is 2.42 bits per heavy atom. The fraction of sp³-hybridized carbons (Fsp3) is 0.545. The molecule has 0 aliphatic heterocycles. The van der Waals surface area contributed by atoms with Gasteiger partial charge in [-0.1, -0.05) is 5.21 Å². The van der Waals surface area contributed by atoms with E-state index in [1.807, 2.05) is 0 Å². The number of carbonyl (C=O) groups excluding carboxylic acids is 1. The topological polar surface area (TPSA) is 101 Å². The lowest BCUT2D eigenvalue weighted by molar-refractivity contribution is 0.0942. The third-order valence-electron chi connectivity index (χ3n) is 2.99. The molecular formula is C11H15N7O. The average Bonchev–Trinajstić information content (AvgIpc) is 2.95. The van der Waals surface area contributed by atoms with E-state index in [1.165, 1.54) is 0 Å². The smallest absolute Gasteiger partial charge is 0.290 e. The predicted octanol–water partition coefficient (Wildman–Crippen LogP) is 0.0937. The van der Waals surface area contributed by atoms with E-state index >= 15 is 0 Å². The Labute approximate surface area is 109 Å². The highest BCUT2D eigenvalue weighted by Gasteiger charge is 2.28. The zero-order valence-corrected chi connectivity index (χ0v) is 10.4. The van der Waals surface area contributed by atoms with Gasteiger partial charge in [-0.15, -0.1) is 10.2 Å². The van der Waals surface area contributed by atoms with Crippen LogP contribution in [0.4, 0.5) is 0 Å². The summed E-state index contributed by atoms with van der Waals surface area (Å²) >= 11 is 0. The molecule has 0 spiro atoms. The Hall–Kier alpha value is -2.25. The van der Waals surface area contributed by atoms with Crippen molar-refractivity contribution in [2.24, 2.45) is 0 Å². The Balaban J connectivity index is 1.42. The Morgan fingerprint density at radius 1 is 1.53 bits per heavy atom. The maximum atomic E-state index is 11.8. The van der Waals surface area contributed by atoms with Gasteiger partial charge in [0.05, 0.1) is 6.20 Å². The molecule has 2 heterocycles. The number of carbonyl (C=O) groups is 1. The van der Waals surface area contributed by atoms with Crippen molar-refractivity contribution in [2.45, 2.75) is 31.7 Å². The quantitative estimate of drug-likeness (QED) is 0.718. The molecule has 3 rings (SSSR count). The number of amides is 1. The van der Waals surface area contributed by atoms with Gasteiger partial charge in [-0.3, -0.25) is 14.6 Å². The minimum atomic E-state index is -0.234. The standard InChI is InChI=1S/C11H15N7O/c19-11(10-14-9(15-16-10)8-2-3-8)12-4-1-6-18-7-5-13-17-18/h5,7-8H,1-4,6H2,(H,12,19)(H,14,15,16). The van der Waals surface area contributed by atoms with Crippen LogP contribution in [0, 0.1) is 0 Å². The molecule has 1 saturated carbocycles. The Morgan fingerprint density at radius 3 is 3.16 bits per heavy atom. The van der Waals surface area contributed by atoms with Crippen LogP contribution in [0.1, 0.15) is 41.6 Å². The van der Waals surface area contributed by atoms with E-state index in [-0.39, 0.29) is 11.7 Å². The molecule has 1 aliphatic carbocycles. The van der Waals surface area contributed by atoms with Gasteiger partial charge in [0.1, 0.15) is 5.82 Å². The van der Waals surface area contributed by atoms with Crippen molar-refractivity contribution >= 4 is 5.91 Å². The number of aryl methyl sites for hydroxylation is 1. The summed E-state index contributed by atoms with van der Waals surface area (Å²) in [7, 11) is 0. The van der Waals surface area contributed by atoms with Crippen LogP contribution in [0.25, 0.3) is 0 Å². The number of aromatic nitrogens is 6. The number of H-pyrrole nitrogens is 1. The maximum absolute atomic E-state index is 11.8. The van der Waals surface area contributed by atoms with Crippen LogP contribution in [0.2, 0.25) is 0 Å². The molecule has 8 heteroatoms. The molecule has 100 valence electrons. The van der Waals surface area contributed by atoms with Crippen LogP contribution in [0.5, 0.6) is 0 Å². The molecule has 2 aromatic heterocycles. The molecule has 0 bridgehead atoms. The summed E-state index contributed by atoms with van der Waals surface area (Å²) in [6.45, 7) is 1.29. The largest absolute Gasteiger partial charge is 0.349 e. The molecule has 0 atom stereocenters. The average molecular weight is 261 g/mol. The second-order valence-electron chi connectivity index (χ2n) is 4.59. The molecule has 1 aliphatic rings. The summed E-state index contributed by atoms with van der Waals surface area (Å²) < 4.78 is 1.73. The number of nitrogens with one attached hydrogen (secondary N) is 2. The van der Waals surface area contributed by atoms with E-state index in [1.54, 1.807) is 17.1 Å². The van der Waals surface area contributed by atoms with Crippen LogP contribution in [-0.2, 0) is 6.54 Å². The van der Waals surface area contributed by atoms with Crippen molar-refractivity contribution in [1.29, 1.82) is 0 Å². The van der Waals surface area contributed by atoms with Gasteiger partial charge in [0.2, 0.25) is 5.82 Å². The number of hydrogen-bond acceptors (Lipinski definition) is 5. The summed E-state index contributed by atoms with van der Waals surface area (Å²) in [6.07, 6.45) is 6.47. The second-order valence-corrected chi connectivity index (χ2v) is 4.59. The van der Waals surface area contributed by atoms with Crippen molar-refractivity contribution in [3.05, 3.63) is 24.0 Å². The number of nitrogens with zero attached hydrogens (tertiary/aromatic N) is 5. The third-order valence-corrected chi connectivity index (χ3v) is 2.99. The molecule has 8 nitrogen and oxygen atoms in total. The van der Waals surface area contributed by atoms with E-state index in [4.69, 9.17) is 0 Å². The van der Waals surface area contributed by atoms with Gasteiger partial charge in [0.25, 0.3) is 5.91 Å². The van der Waals surface area contributed by atoms with Crippen LogP contribution >= 0.6 is 0 Å². The summed E-state index contributed by atoms with van der Waals surface area (Å²) in [4.78, 5) is 16.0. The van der Waals surface area contributed by atoms with Crippen molar-refractivity contribution < 1.29 is 4.79 Å². The molecular weight excluding hydrogens is 246 g/mol. The van der Waals surface area contributed by atoms with Crippen LogP contribution in [-0.4, -0.2) is 42.6 Å². The third kappa shape index (κ3) is 2.95. The Bertz CT molecular complexity index is 543. The predicted molar refractivity (Wildman–Crippen MR) is 65.3 cm³/mol. The molecule has 0 saturated heterocycles. The second kappa shape index (κ2) is 5.17. The van der Waals surface area contributed by atoms with Crippen molar-refractivity contribution in [1.82, 2.24) is 35.5 Å². The van der Waals surface area contributed by atoms with Gasteiger partial charge in [-0.25, -0.2) is 4.98 Å². The number of hydrogen-bond donors (Lipinski definition) is 2. The first kappa shape index (κ1) is 11.8. The molecule has 1 fully saturated rings. The number of aromatic amines is 1. The molecule has 0 unspecified atom stereocenters. The van der Waals surface area contributed by atoms with Crippen molar-refractivity contribution in [3.8, 4) is 0 Å². The lowest BCUT2D eigenvalue weighted by Crippen LogP contribution is -2.26. The lowest BCUT2D eigenvalue weighted by Gasteiger charge is -2.02. The first-order chi connectivity index (χ1) is 9.33. The molecule has 19 heavy (non-hydrogen) atoms. The zero-order chi connectivity index (χ0) is 13.1. The minimum absolute atomic E-state index is 0.225. The molecule has 2 N–H and O–H groups in total. The normalized spacial score (nSPS) is 14.5. The van der Waals surface area contributed by atoms with Crippen LogP contribution in [0.3, 0.4) is 0 Å². The van der Waals surface area contributed by atoms with Crippen LogP contribution in [0.15, 0.2) is 12.4 Å². The van der Waals surface area contributed by atoms with E-state index < -0.39 is 0 Å². The highest BCUT2D eigenvalue weighted by Crippen LogP contribution is 2.37. The monoisotopic (exact) mass is 261 g/mol. The van der Waals surface area contributed by atoms with E-state index in [2.05, 4.69) is 30.8 Å². The van der Waals surface area contributed by atoms with Gasteiger partial charge in [0.15, 0.2) is 0 Å². The summed E-state index contributed by atoms with van der Waals surface area (Å²) in [5.41, 5.74) is 0. The van der Waals surface area contributed by atoms with Gasteiger partial charge in [-0.2, -0.15) is 0 Å². The Kier molecular flexibility index (Phi) is 3.21. The van der Waals surface area contributed by atoms with Gasteiger partial charge in [0, 0.05) is 25.2 Å². The lowest BCUT2D eigenvalue weighted by atomic mass is 10.4. The van der Waals surface area contributed by atoms with E-state index in [0.717, 1.165) is 31.6 Å². The van der Waals surface area contributed by atoms with Gasteiger partial charge >= 0.3 is 0 Å². The van der Waals surface area contributed by atoms with Crippen molar-refractivity contribution in [3.63, 3.8) is 0 Å².